The standard InChI is InChI=1S/C21H21N3O2/c1-15(25)16-5-7-18(8-6-16)23-11-13-24(14-12-23)21(26)19-4-2-3-17-9-10-22-20(17)19/h2-10,22H,11-14H2,1H3. The number of piperazine rings is 1. The molecule has 0 bridgehead atoms. The van der Waals surface area contributed by atoms with Crippen LogP contribution in [0.15, 0.2) is 54.7 Å². The Labute approximate surface area is 152 Å². The molecule has 0 atom stereocenters. The number of ketones is 1. The first-order chi connectivity index (χ1) is 12.6. The summed E-state index contributed by atoms with van der Waals surface area (Å²) >= 11 is 0. The molecule has 0 aliphatic carbocycles. The predicted molar refractivity (Wildman–Crippen MR) is 103 cm³/mol. The third-order valence-electron chi connectivity index (χ3n) is 5.02. The molecule has 0 spiro atoms. The minimum Gasteiger partial charge on any atom is -0.368 e. The van der Waals surface area contributed by atoms with Crippen molar-refractivity contribution in [2.75, 3.05) is 31.1 Å². The second-order valence-corrected chi connectivity index (χ2v) is 6.63. The van der Waals surface area contributed by atoms with Gasteiger partial charge in [0, 0.05) is 49.0 Å². The summed E-state index contributed by atoms with van der Waals surface area (Å²) in [5.74, 6) is 0.148. The van der Waals surface area contributed by atoms with Crippen molar-refractivity contribution < 1.29 is 9.59 Å². The van der Waals surface area contributed by atoms with Crippen molar-refractivity contribution in [2.24, 2.45) is 0 Å². The third-order valence-corrected chi connectivity index (χ3v) is 5.02. The summed E-state index contributed by atoms with van der Waals surface area (Å²) in [4.78, 5) is 31.7. The monoisotopic (exact) mass is 347 g/mol. The number of H-pyrrole nitrogens is 1. The van der Waals surface area contributed by atoms with Crippen LogP contribution in [0.2, 0.25) is 0 Å². The van der Waals surface area contributed by atoms with Crippen LogP contribution in [0.4, 0.5) is 5.69 Å². The molecular formula is C21H21N3O2. The highest BCUT2D eigenvalue weighted by atomic mass is 16.2. The number of para-hydroxylation sites is 1. The van der Waals surface area contributed by atoms with Gasteiger partial charge in [0.1, 0.15) is 0 Å². The summed E-state index contributed by atoms with van der Waals surface area (Å²) in [6.07, 6.45) is 1.87. The average molecular weight is 347 g/mol. The van der Waals surface area contributed by atoms with Gasteiger partial charge in [-0.2, -0.15) is 0 Å². The Morgan fingerprint density at radius 2 is 1.65 bits per heavy atom. The highest BCUT2D eigenvalue weighted by molar-refractivity contribution is 6.05. The van der Waals surface area contributed by atoms with Crippen LogP contribution in [0, 0.1) is 0 Å². The van der Waals surface area contributed by atoms with Crippen molar-refractivity contribution in [2.45, 2.75) is 6.92 Å². The highest BCUT2D eigenvalue weighted by Crippen LogP contribution is 2.21. The maximum absolute atomic E-state index is 12.9. The fraction of sp³-hybridized carbons (Fsp3) is 0.238. The molecule has 2 aromatic carbocycles. The molecule has 1 amide bonds. The van der Waals surface area contributed by atoms with E-state index in [1.165, 1.54) is 0 Å². The van der Waals surface area contributed by atoms with Crippen LogP contribution in [0.5, 0.6) is 0 Å². The first-order valence-corrected chi connectivity index (χ1v) is 8.85. The van der Waals surface area contributed by atoms with E-state index in [2.05, 4.69) is 9.88 Å². The minimum absolute atomic E-state index is 0.0737. The largest absolute Gasteiger partial charge is 0.368 e. The first-order valence-electron chi connectivity index (χ1n) is 8.85. The summed E-state index contributed by atoms with van der Waals surface area (Å²) in [5.41, 5.74) is 3.45. The normalized spacial score (nSPS) is 14.7. The maximum Gasteiger partial charge on any atom is 0.256 e. The number of carbonyl (C=O) groups excluding carboxylic acids is 2. The van der Waals surface area contributed by atoms with Gasteiger partial charge in [0.15, 0.2) is 5.78 Å². The van der Waals surface area contributed by atoms with Gasteiger partial charge in [0.2, 0.25) is 0 Å². The Hall–Kier alpha value is -3.08. The van der Waals surface area contributed by atoms with E-state index in [4.69, 9.17) is 0 Å². The average Bonchev–Trinajstić information content (AvgIpc) is 3.16. The first kappa shape index (κ1) is 16.4. The molecule has 4 rings (SSSR count). The van der Waals surface area contributed by atoms with Crippen molar-refractivity contribution in [3.63, 3.8) is 0 Å². The van der Waals surface area contributed by atoms with Crippen LogP contribution >= 0.6 is 0 Å². The van der Waals surface area contributed by atoms with E-state index >= 15 is 0 Å². The number of carbonyl (C=O) groups is 2. The van der Waals surface area contributed by atoms with E-state index in [0.717, 1.165) is 40.8 Å². The SMILES string of the molecule is CC(=O)c1ccc(N2CCN(C(=O)c3cccc4cc[nH]c34)CC2)cc1. The molecule has 5 nitrogen and oxygen atoms in total. The van der Waals surface area contributed by atoms with Crippen LogP contribution in [-0.2, 0) is 0 Å². The van der Waals surface area contributed by atoms with Gasteiger partial charge in [-0.1, -0.05) is 12.1 Å². The Kier molecular flexibility index (Phi) is 4.21. The lowest BCUT2D eigenvalue weighted by molar-refractivity contribution is 0.0748. The lowest BCUT2D eigenvalue weighted by Gasteiger charge is -2.36. The summed E-state index contributed by atoms with van der Waals surface area (Å²) in [7, 11) is 0. The Bertz CT molecular complexity index is 951. The van der Waals surface area contributed by atoms with E-state index in [-0.39, 0.29) is 11.7 Å². The highest BCUT2D eigenvalue weighted by Gasteiger charge is 2.23. The zero-order valence-electron chi connectivity index (χ0n) is 14.7. The Morgan fingerprint density at radius 1 is 0.923 bits per heavy atom. The summed E-state index contributed by atoms with van der Waals surface area (Å²) in [5, 5.41) is 1.06. The molecule has 5 heteroatoms. The minimum atomic E-state index is 0.0737. The second kappa shape index (κ2) is 6.67. The predicted octanol–water partition coefficient (Wildman–Crippen LogP) is 3.33. The number of aromatic amines is 1. The van der Waals surface area contributed by atoms with E-state index in [9.17, 15) is 9.59 Å². The summed E-state index contributed by atoms with van der Waals surface area (Å²) in [6, 6.07) is 15.5. The zero-order chi connectivity index (χ0) is 18.1. The lowest BCUT2D eigenvalue weighted by Crippen LogP contribution is -2.48. The van der Waals surface area contributed by atoms with Gasteiger partial charge in [0.05, 0.1) is 11.1 Å². The number of anilines is 1. The van der Waals surface area contributed by atoms with Crippen LogP contribution in [0.25, 0.3) is 10.9 Å². The van der Waals surface area contributed by atoms with Crippen LogP contribution in [0.3, 0.4) is 0 Å². The molecule has 0 saturated carbocycles. The number of nitrogens with one attached hydrogen (secondary N) is 1. The second-order valence-electron chi connectivity index (χ2n) is 6.63. The van der Waals surface area contributed by atoms with E-state index in [0.29, 0.717) is 13.1 Å². The molecular weight excluding hydrogens is 326 g/mol. The third kappa shape index (κ3) is 2.96. The molecule has 2 heterocycles. The van der Waals surface area contributed by atoms with Gasteiger partial charge < -0.3 is 14.8 Å². The van der Waals surface area contributed by atoms with Crippen LogP contribution < -0.4 is 4.90 Å². The molecule has 1 aliphatic rings. The molecule has 1 fully saturated rings. The van der Waals surface area contributed by atoms with E-state index < -0.39 is 0 Å². The molecule has 132 valence electrons. The lowest BCUT2D eigenvalue weighted by atomic mass is 10.1. The number of hydrogen-bond acceptors (Lipinski definition) is 3. The Balaban J connectivity index is 1.45. The smallest absolute Gasteiger partial charge is 0.256 e. The van der Waals surface area contributed by atoms with Crippen LogP contribution in [0.1, 0.15) is 27.6 Å². The number of benzene rings is 2. The van der Waals surface area contributed by atoms with Crippen molar-refractivity contribution in [1.29, 1.82) is 0 Å². The molecule has 1 aliphatic heterocycles. The number of Topliss-reactive ketones (excluding diaryl/α,β-unsaturated/α-hetero) is 1. The number of fused-ring (bicyclic) bond motifs is 1. The topological polar surface area (TPSA) is 56.4 Å². The molecule has 1 aromatic heterocycles. The van der Waals surface area contributed by atoms with Crippen molar-refractivity contribution in [3.05, 3.63) is 65.9 Å². The molecule has 26 heavy (non-hydrogen) atoms. The summed E-state index contributed by atoms with van der Waals surface area (Å²) < 4.78 is 0. The molecule has 1 saturated heterocycles. The van der Waals surface area contributed by atoms with Crippen molar-refractivity contribution >= 4 is 28.3 Å². The number of amides is 1. The van der Waals surface area contributed by atoms with Crippen molar-refractivity contribution in [1.82, 2.24) is 9.88 Å². The number of nitrogens with zero attached hydrogens (tertiary/aromatic N) is 2. The number of rotatable bonds is 3. The molecule has 3 aromatic rings. The fourth-order valence-corrected chi connectivity index (χ4v) is 3.51. The van der Waals surface area contributed by atoms with Crippen LogP contribution in [-0.4, -0.2) is 47.8 Å². The Morgan fingerprint density at radius 3 is 2.35 bits per heavy atom. The molecule has 0 unspecified atom stereocenters. The number of hydrogen-bond donors (Lipinski definition) is 1. The molecule has 0 radical (unpaired) electrons. The van der Waals surface area contributed by atoms with Gasteiger partial charge in [-0.25, -0.2) is 0 Å². The molecule has 1 N–H and O–H groups in total. The van der Waals surface area contributed by atoms with Gasteiger partial charge in [0.25, 0.3) is 5.91 Å². The quantitative estimate of drug-likeness (QED) is 0.740. The van der Waals surface area contributed by atoms with Gasteiger partial charge >= 0.3 is 0 Å². The summed E-state index contributed by atoms with van der Waals surface area (Å²) in [6.45, 7) is 4.51. The van der Waals surface area contributed by atoms with E-state index in [1.54, 1.807) is 6.92 Å². The zero-order valence-corrected chi connectivity index (χ0v) is 14.7. The van der Waals surface area contributed by atoms with Gasteiger partial charge in [-0.15, -0.1) is 0 Å². The van der Waals surface area contributed by atoms with Crippen molar-refractivity contribution in [3.8, 4) is 0 Å². The fourth-order valence-electron chi connectivity index (χ4n) is 3.51. The van der Waals surface area contributed by atoms with E-state index in [1.807, 2.05) is 59.6 Å². The van der Waals surface area contributed by atoms with Gasteiger partial charge in [-0.05, 0) is 43.3 Å². The van der Waals surface area contributed by atoms with Gasteiger partial charge in [-0.3, -0.25) is 9.59 Å². The number of aromatic nitrogens is 1. The maximum atomic E-state index is 12.9.